The number of pyridine rings is 1. The van der Waals surface area contributed by atoms with Gasteiger partial charge in [0.05, 0.1) is 16.7 Å². The lowest BCUT2D eigenvalue weighted by atomic mass is 9.99. The molecule has 0 bridgehead atoms. The smallest absolute Gasteiger partial charge is 0.180 e. The summed E-state index contributed by atoms with van der Waals surface area (Å²) in [5.41, 5.74) is 4.69. The van der Waals surface area contributed by atoms with E-state index in [4.69, 9.17) is 15.0 Å². The molecular formula is C37H21N3S. The van der Waals surface area contributed by atoms with Crippen molar-refractivity contribution in [1.82, 2.24) is 15.0 Å². The average Bonchev–Trinajstić information content (AvgIpc) is 3.43. The molecule has 3 aromatic heterocycles. The van der Waals surface area contributed by atoms with Crippen molar-refractivity contribution in [1.29, 1.82) is 0 Å². The number of rotatable bonds is 2. The zero-order valence-electron chi connectivity index (χ0n) is 21.9. The number of hydrogen-bond acceptors (Lipinski definition) is 4. The number of para-hydroxylation sites is 1. The minimum absolute atomic E-state index is 0.647. The lowest BCUT2D eigenvalue weighted by Gasteiger charge is -2.14. The van der Waals surface area contributed by atoms with Crippen molar-refractivity contribution in [3.63, 3.8) is 0 Å². The number of fused-ring (bicyclic) bond motifs is 10. The molecule has 0 saturated carbocycles. The fraction of sp³-hybridized carbons (Fsp3) is 0. The minimum atomic E-state index is 0.647. The molecule has 3 heterocycles. The Morgan fingerprint density at radius 1 is 0.439 bits per heavy atom. The molecule has 0 N–H and O–H groups in total. The Bertz CT molecular complexity index is 2480. The molecule has 0 saturated heterocycles. The SMILES string of the molecule is c1ccc(-c2nc(-c3nc4ccccc4c4ccc5c6ccccc6sc5c34)nc3c2ccc2ccccc23)cc1. The fourth-order valence-electron chi connectivity index (χ4n) is 6.17. The zero-order valence-corrected chi connectivity index (χ0v) is 22.7. The minimum Gasteiger partial charge on any atom is -0.244 e. The molecule has 0 radical (unpaired) electrons. The second-order valence-electron chi connectivity index (χ2n) is 10.4. The summed E-state index contributed by atoms with van der Waals surface area (Å²) in [6.45, 7) is 0. The third-order valence-corrected chi connectivity index (χ3v) is 9.26. The maximum atomic E-state index is 5.31. The van der Waals surface area contributed by atoms with Crippen LogP contribution in [0.25, 0.3) is 86.3 Å². The van der Waals surface area contributed by atoms with Gasteiger partial charge in [-0.25, -0.2) is 15.0 Å². The highest BCUT2D eigenvalue weighted by Gasteiger charge is 2.20. The second kappa shape index (κ2) is 8.65. The normalized spacial score (nSPS) is 11.9. The van der Waals surface area contributed by atoms with E-state index in [-0.39, 0.29) is 0 Å². The van der Waals surface area contributed by atoms with Gasteiger partial charge in [0, 0.05) is 47.3 Å². The largest absolute Gasteiger partial charge is 0.244 e. The Labute approximate surface area is 239 Å². The Kier molecular flexibility index (Phi) is 4.77. The van der Waals surface area contributed by atoms with E-state index in [9.17, 15) is 0 Å². The molecule has 3 nitrogen and oxygen atoms in total. The second-order valence-corrected chi connectivity index (χ2v) is 11.4. The van der Waals surface area contributed by atoms with Crippen molar-refractivity contribution in [3.05, 3.63) is 127 Å². The predicted molar refractivity (Wildman–Crippen MR) is 174 cm³/mol. The fourth-order valence-corrected chi connectivity index (χ4v) is 7.42. The molecule has 41 heavy (non-hydrogen) atoms. The molecule has 0 atom stereocenters. The van der Waals surface area contributed by atoms with Crippen LogP contribution in [0.5, 0.6) is 0 Å². The van der Waals surface area contributed by atoms with Crippen LogP contribution >= 0.6 is 11.3 Å². The topological polar surface area (TPSA) is 38.7 Å². The predicted octanol–water partition coefficient (Wildman–Crippen LogP) is 10.2. The third-order valence-electron chi connectivity index (χ3n) is 8.06. The quantitative estimate of drug-likeness (QED) is 0.205. The number of hydrogen-bond donors (Lipinski definition) is 0. The van der Waals surface area contributed by atoms with Crippen LogP contribution in [0.4, 0.5) is 0 Å². The molecule has 190 valence electrons. The van der Waals surface area contributed by atoms with Crippen LogP contribution in [-0.4, -0.2) is 15.0 Å². The Balaban J connectivity index is 1.49. The van der Waals surface area contributed by atoms with Gasteiger partial charge in [0.2, 0.25) is 0 Å². The lowest BCUT2D eigenvalue weighted by molar-refractivity contribution is 1.21. The summed E-state index contributed by atoms with van der Waals surface area (Å²) in [6, 6.07) is 44.7. The van der Waals surface area contributed by atoms with Crippen molar-refractivity contribution >= 4 is 74.9 Å². The van der Waals surface area contributed by atoms with E-state index < -0.39 is 0 Å². The molecule has 9 aromatic rings. The van der Waals surface area contributed by atoms with Crippen LogP contribution in [0.1, 0.15) is 0 Å². The van der Waals surface area contributed by atoms with Crippen LogP contribution < -0.4 is 0 Å². The van der Waals surface area contributed by atoms with Gasteiger partial charge in [0.25, 0.3) is 0 Å². The maximum Gasteiger partial charge on any atom is 0.180 e. The first-order chi connectivity index (χ1) is 20.3. The van der Waals surface area contributed by atoms with Crippen LogP contribution in [0.3, 0.4) is 0 Å². The van der Waals surface area contributed by atoms with Gasteiger partial charge in [0.1, 0.15) is 5.69 Å². The highest BCUT2D eigenvalue weighted by molar-refractivity contribution is 7.26. The van der Waals surface area contributed by atoms with Crippen LogP contribution in [0, 0.1) is 0 Å². The van der Waals surface area contributed by atoms with Crippen LogP contribution in [0.2, 0.25) is 0 Å². The molecule has 0 unspecified atom stereocenters. The van der Waals surface area contributed by atoms with Crippen molar-refractivity contribution < 1.29 is 0 Å². The van der Waals surface area contributed by atoms with Crippen molar-refractivity contribution in [2.75, 3.05) is 0 Å². The molecule has 4 heteroatoms. The Morgan fingerprint density at radius 2 is 1.15 bits per heavy atom. The monoisotopic (exact) mass is 539 g/mol. The molecular weight excluding hydrogens is 518 g/mol. The molecule has 0 aliphatic heterocycles. The summed E-state index contributed by atoms with van der Waals surface area (Å²) in [7, 11) is 0. The molecule has 0 aliphatic rings. The summed E-state index contributed by atoms with van der Waals surface area (Å²) in [5, 5.41) is 9.24. The number of benzene rings is 6. The van der Waals surface area contributed by atoms with E-state index >= 15 is 0 Å². The molecule has 6 aromatic carbocycles. The first-order valence-electron chi connectivity index (χ1n) is 13.7. The highest BCUT2D eigenvalue weighted by atomic mass is 32.1. The summed E-state index contributed by atoms with van der Waals surface area (Å²) in [5.74, 6) is 0.647. The Morgan fingerprint density at radius 3 is 2.05 bits per heavy atom. The number of nitrogens with zero attached hydrogens (tertiary/aromatic N) is 3. The van der Waals surface area contributed by atoms with Gasteiger partial charge in [-0.1, -0.05) is 109 Å². The number of aromatic nitrogens is 3. The summed E-state index contributed by atoms with van der Waals surface area (Å²) < 4.78 is 2.49. The lowest BCUT2D eigenvalue weighted by Crippen LogP contribution is -1.99. The van der Waals surface area contributed by atoms with Gasteiger partial charge >= 0.3 is 0 Å². The van der Waals surface area contributed by atoms with E-state index in [0.29, 0.717) is 5.82 Å². The average molecular weight is 540 g/mol. The van der Waals surface area contributed by atoms with Gasteiger partial charge in [-0.2, -0.15) is 0 Å². The van der Waals surface area contributed by atoms with E-state index in [0.717, 1.165) is 54.9 Å². The highest BCUT2D eigenvalue weighted by Crippen LogP contribution is 2.43. The van der Waals surface area contributed by atoms with Gasteiger partial charge in [-0.05, 0) is 29.0 Å². The molecule has 0 fully saturated rings. The van der Waals surface area contributed by atoms with Crippen LogP contribution in [0.15, 0.2) is 127 Å². The first kappa shape index (κ1) is 22.6. The van der Waals surface area contributed by atoms with E-state index in [1.165, 1.54) is 25.6 Å². The third kappa shape index (κ3) is 3.35. The van der Waals surface area contributed by atoms with E-state index in [2.05, 4.69) is 115 Å². The van der Waals surface area contributed by atoms with Gasteiger partial charge in [-0.3, -0.25) is 0 Å². The maximum absolute atomic E-state index is 5.31. The van der Waals surface area contributed by atoms with E-state index in [1.54, 1.807) is 0 Å². The Hall–Kier alpha value is -5.19. The standard InChI is InChI=1S/C37H21N3S/c1-2-11-23(12-3-1)33-29-19-18-22-10-4-5-13-24(22)34(29)40-37(39-33)35-32-27(25-14-6-8-16-30(25)38-35)20-21-28-26-15-7-9-17-31(26)41-36(28)32/h1-21H. The van der Waals surface area contributed by atoms with Gasteiger partial charge < -0.3 is 0 Å². The molecule has 9 rings (SSSR count). The van der Waals surface area contributed by atoms with Crippen molar-refractivity contribution in [2.45, 2.75) is 0 Å². The van der Waals surface area contributed by atoms with Crippen molar-refractivity contribution in [2.24, 2.45) is 0 Å². The van der Waals surface area contributed by atoms with Crippen molar-refractivity contribution in [3.8, 4) is 22.8 Å². The summed E-state index contributed by atoms with van der Waals surface area (Å²) >= 11 is 1.82. The zero-order chi connectivity index (χ0) is 26.9. The van der Waals surface area contributed by atoms with Gasteiger partial charge in [-0.15, -0.1) is 11.3 Å². The van der Waals surface area contributed by atoms with Crippen LogP contribution in [-0.2, 0) is 0 Å². The molecule has 0 amide bonds. The van der Waals surface area contributed by atoms with E-state index in [1.807, 2.05) is 23.5 Å². The summed E-state index contributed by atoms with van der Waals surface area (Å²) in [6.07, 6.45) is 0. The molecule has 0 spiro atoms. The van der Waals surface area contributed by atoms with Gasteiger partial charge in [0.15, 0.2) is 5.82 Å². The molecule has 0 aliphatic carbocycles. The first-order valence-corrected chi connectivity index (χ1v) is 14.5. The summed E-state index contributed by atoms with van der Waals surface area (Å²) in [4.78, 5) is 15.9. The number of thiophene rings is 1.